The van der Waals surface area contributed by atoms with Crippen LogP contribution in [0.25, 0.3) is 10.2 Å². The zero-order valence-electron chi connectivity index (χ0n) is 17.1. The first-order chi connectivity index (χ1) is 14.9. The number of thiazole rings is 1. The minimum absolute atomic E-state index is 0.144. The number of nitrogens with one attached hydrogen (secondary N) is 1. The van der Waals surface area contributed by atoms with E-state index in [0.717, 1.165) is 21.5 Å². The fourth-order valence-corrected chi connectivity index (χ4v) is 4.83. The van der Waals surface area contributed by atoms with Crippen molar-refractivity contribution in [1.82, 2.24) is 19.7 Å². The van der Waals surface area contributed by atoms with Crippen molar-refractivity contribution in [3.05, 3.63) is 58.9 Å². The van der Waals surface area contributed by atoms with Gasteiger partial charge in [-0.25, -0.2) is 4.98 Å². The Kier molecular flexibility index (Phi) is 6.45. The average molecular weight is 474 g/mol. The number of carbonyl (C=O) groups is 1. The van der Waals surface area contributed by atoms with Gasteiger partial charge in [-0.3, -0.25) is 4.79 Å². The maximum absolute atomic E-state index is 12.4. The van der Waals surface area contributed by atoms with Crippen LogP contribution in [0.4, 0.5) is 5.13 Å². The summed E-state index contributed by atoms with van der Waals surface area (Å²) < 4.78 is 8.91. The Labute approximate surface area is 192 Å². The third-order valence-electron chi connectivity index (χ3n) is 4.55. The molecule has 0 saturated heterocycles. The van der Waals surface area contributed by atoms with Gasteiger partial charge in [-0.05, 0) is 49.7 Å². The van der Waals surface area contributed by atoms with Crippen molar-refractivity contribution in [2.24, 2.45) is 7.05 Å². The molecule has 10 heteroatoms. The molecule has 160 valence electrons. The number of hydrogen-bond donors (Lipinski definition) is 1. The number of aromatic nitrogens is 4. The first-order valence-electron chi connectivity index (χ1n) is 9.51. The maximum Gasteiger partial charge on any atom is 0.236 e. The van der Waals surface area contributed by atoms with Crippen LogP contribution in [0.3, 0.4) is 0 Å². The summed E-state index contributed by atoms with van der Waals surface area (Å²) in [5.74, 6) is 1.47. The Hall–Kier alpha value is -2.62. The molecule has 0 aliphatic rings. The summed E-state index contributed by atoms with van der Waals surface area (Å²) in [5, 5.41) is 13.2. The SMILES string of the molecule is Cc1cc(Cl)ccc1OC(C)c1nnc(SCC(=O)Nc2nc3ccccc3s2)n1C. The lowest BCUT2D eigenvalue weighted by atomic mass is 10.2. The van der Waals surface area contributed by atoms with Crippen molar-refractivity contribution in [2.45, 2.75) is 25.1 Å². The first-order valence-corrected chi connectivity index (χ1v) is 11.7. The number of rotatable bonds is 7. The molecule has 1 amide bonds. The number of thioether (sulfide) groups is 1. The van der Waals surface area contributed by atoms with Crippen molar-refractivity contribution >= 4 is 56.0 Å². The van der Waals surface area contributed by atoms with E-state index < -0.39 is 0 Å². The number of halogens is 1. The van der Waals surface area contributed by atoms with Gasteiger partial charge in [0.05, 0.1) is 16.0 Å². The number of anilines is 1. The molecule has 0 fully saturated rings. The molecule has 0 saturated carbocycles. The summed E-state index contributed by atoms with van der Waals surface area (Å²) in [7, 11) is 1.86. The number of carbonyl (C=O) groups excluding carboxylic acids is 1. The normalized spacial score (nSPS) is 12.1. The van der Waals surface area contributed by atoms with Crippen molar-refractivity contribution in [3.8, 4) is 5.75 Å². The van der Waals surface area contributed by atoms with Crippen LogP contribution in [0.2, 0.25) is 5.02 Å². The summed E-state index contributed by atoms with van der Waals surface area (Å²) in [6.45, 7) is 3.85. The number of nitrogens with zero attached hydrogens (tertiary/aromatic N) is 4. The molecule has 1 unspecified atom stereocenters. The van der Waals surface area contributed by atoms with Gasteiger partial charge in [-0.2, -0.15) is 0 Å². The molecule has 0 spiro atoms. The molecule has 2 heterocycles. The number of aryl methyl sites for hydroxylation is 1. The van der Waals surface area contributed by atoms with Gasteiger partial charge in [0.25, 0.3) is 0 Å². The second kappa shape index (κ2) is 9.25. The predicted molar refractivity (Wildman–Crippen MR) is 125 cm³/mol. The van der Waals surface area contributed by atoms with E-state index in [1.165, 1.54) is 23.1 Å². The van der Waals surface area contributed by atoms with Gasteiger partial charge in [0.1, 0.15) is 5.75 Å². The molecular weight excluding hydrogens is 454 g/mol. The number of amides is 1. The second-order valence-electron chi connectivity index (χ2n) is 6.89. The van der Waals surface area contributed by atoms with Gasteiger partial charge in [0.2, 0.25) is 5.91 Å². The van der Waals surface area contributed by atoms with Crippen molar-refractivity contribution in [3.63, 3.8) is 0 Å². The van der Waals surface area contributed by atoms with E-state index in [-0.39, 0.29) is 17.8 Å². The molecule has 0 aliphatic heterocycles. The molecule has 4 rings (SSSR count). The van der Waals surface area contributed by atoms with E-state index in [0.29, 0.717) is 21.1 Å². The standard InChI is InChI=1S/C21H20ClN5O2S2/c1-12-10-14(22)8-9-16(12)29-13(2)19-25-26-21(27(19)3)30-11-18(28)24-20-23-15-6-4-5-7-17(15)31-20/h4-10,13H,11H2,1-3H3,(H,23,24,28). The molecule has 2 aromatic heterocycles. The van der Waals surface area contributed by atoms with Crippen LogP contribution in [0.1, 0.15) is 24.4 Å². The lowest BCUT2D eigenvalue weighted by Crippen LogP contribution is -2.14. The smallest absolute Gasteiger partial charge is 0.236 e. The fraction of sp³-hybridized carbons (Fsp3) is 0.238. The molecule has 0 bridgehead atoms. The van der Waals surface area contributed by atoms with E-state index in [9.17, 15) is 4.79 Å². The highest BCUT2D eigenvalue weighted by atomic mass is 35.5. The van der Waals surface area contributed by atoms with Crippen molar-refractivity contribution < 1.29 is 9.53 Å². The highest BCUT2D eigenvalue weighted by Gasteiger charge is 2.19. The molecule has 2 aromatic carbocycles. The first kappa shape index (κ1) is 21.6. The van der Waals surface area contributed by atoms with Crippen LogP contribution in [-0.2, 0) is 11.8 Å². The lowest BCUT2D eigenvalue weighted by Gasteiger charge is -2.16. The van der Waals surface area contributed by atoms with E-state index in [2.05, 4.69) is 20.5 Å². The molecule has 0 aliphatic carbocycles. The van der Waals surface area contributed by atoms with Crippen LogP contribution < -0.4 is 10.1 Å². The third-order valence-corrected chi connectivity index (χ3v) is 6.75. The van der Waals surface area contributed by atoms with Crippen molar-refractivity contribution in [1.29, 1.82) is 0 Å². The molecule has 0 radical (unpaired) electrons. The average Bonchev–Trinajstić information content (AvgIpc) is 3.31. The zero-order valence-corrected chi connectivity index (χ0v) is 19.5. The highest BCUT2D eigenvalue weighted by molar-refractivity contribution is 7.99. The lowest BCUT2D eigenvalue weighted by molar-refractivity contribution is -0.113. The molecular formula is C21H20ClN5O2S2. The van der Waals surface area contributed by atoms with Crippen LogP contribution in [-0.4, -0.2) is 31.4 Å². The van der Waals surface area contributed by atoms with Gasteiger partial charge in [-0.1, -0.05) is 46.8 Å². The Bertz CT molecular complexity index is 1210. The zero-order chi connectivity index (χ0) is 22.0. The monoisotopic (exact) mass is 473 g/mol. The Morgan fingerprint density at radius 1 is 1.29 bits per heavy atom. The Balaban J connectivity index is 1.36. The number of ether oxygens (including phenoxy) is 1. The minimum Gasteiger partial charge on any atom is -0.482 e. The summed E-state index contributed by atoms with van der Waals surface area (Å²) >= 11 is 8.77. The molecule has 4 aromatic rings. The summed E-state index contributed by atoms with van der Waals surface area (Å²) in [6.07, 6.45) is -0.316. The maximum atomic E-state index is 12.4. The van der Waals surface area contributed by atoms with E-state index >= 15 is 0 Å². The highest BCUT2D eigenvalue weighted by Crippen LogP contribution is 2.28. The Morgan fingerprint density at radius 3 is 2.87 bits per heavy atom. The Morgan fingerprint density at radius 2 is 2.10 bits per heavy atom. The summed E-state index contributed by atoms with van der Waals surface area (Å²) in [4.78, 5) is 16.8. The van der Waals surface area contributed by atoms with Crippen molar-refractivity contribution in [2.75, 3.05) is 11.1 Å². The van der Waals surface area contributed by atoms with E-state index in [1.807, 2.05) is 61.9 Å². The van der Waals surface area contributed by atoms with Gasteiger partial charge in [0.15, 0.2) is 22.2 Å². The fourth-order valence-electron chi connectivity index (χ4n) is 3.01. The summed E-state index contributed by atoms with van der Waals surface area (Å²) in [6, 6.07) is 13.3. The van der Waals surface area contributed by atoms with Crippen LogP contribution >= 0.6 is 34.7 Å². The molecule has 31 heavy (non-hydrogen) atoms. The molecule has 1 N–H and O–H groups in total. The van der Waals surface area contributed by atoms with Gasteiger partial charge in [-0.15, -0.1) is 10.2 Å². The molecule has 1 atom stereocenters. The van der Waals surface area contributed by atoms with Crippen LogP contribution in [0.5, 0.6) is 5.75 Å². The van der Waals surface area contributed by atoms with E-state index in [4.69, 9.17) is 16.3 Å². The van der Waals surface area contributed by atoms with Crippen LogP contribution in [0, 0.1) is 6.92 Å². The van der Waals surface area contributed by atoms with Gasteiger partial charge >= 0.3 is 0 Å². The van der Waals surface area contributed by atoms with E-state index in [1.54, 1.807) is 6.07 Å². The molecule has 7 nitrogen and oxygen atoms in total. The van der Waals surface area contributed by atoms with Crippen LogP contribution in [0.15, 0.2) is 47.6 Å². The second-order valence-corrected chi connectivity index (χ2v) is 9.30. The summed E-state index contributed by atoms with van der Waals surface area (Å²) in [5.41, 5.74) is 1.82. The number of para-hydroxylation sites is 1. The van der Waals surface area contributed by atoms with Gasteiger partial charge in [0, 0.05) is 12.1 Å². The number of benzene rings is 2. The number of hydrogen-bond acceptors (Lipinski definition) is 7. The largest absolute Gasteiger partial charge is 0.482 e. The topological polar surface area (TPSA) is 81.9 Å². The van der Waals surface area contributed by atoms with Gasteiger partial charge < -0.3 is 14.6 Å². The minimum atomic E-state index is -0.316. The quantitative estimate of drug-likeness (QED) is 0.369. The third kappa shape index (κ3) is 5.00. The predicted octanol–water partition coefficient (Wildman–Crippen LogP) is 5.26. The number of fused-ring (bicyclic) bond motifs is 1.